The van der Waals surface area contributed by atoms with Crippen molar-refractivity contribution in [2.24, 2.45) is 0 Å². The van der Waals surface area contributed by atoms with Crippen molar-refractivity contribution in [1.29, 1.82) is 0 Å². The molecule has 0 heterocycles. The van der Waals surface area contributed by atoms with Gasteiger partial charge >= 0.3 is 68.7 Å². The number of carbonyl (C=O) groups excluding carboxylic acids is 4. The van der Waals surface area contributed by atoms with Crippen LogP contribution in [0.25, 0.3) is 0 Å². The van der Waals surface area contributed by atoms with E-state index >= 15 is 0 Å². The van der Waals surface area contributed by atoms with Crippen LogP contribution in [-0.2, 0) is 19.2 Å². The van der Waals surface area contributed by atoms with Crippen molar-refractivity contribution in [3.05, 3.63) is 50.6 Å². The van der Waals surface area contributed by atoms with Crippen LogP contribution in [0.3, 0.4) is 0 Å². The molecule has 0 saturated carbocycles. The zero-order valence-electron chi connectivity index (χ0n) is 12.0. The Kier molecular flexibility index (Phi) is 54.5. The van der Waals surface area contributed by atoms with Crippen LogP contribution in [0, 0.1) is 0 Å². The minimum Gasteiger partial charge on any atom is -0.545 e. The van der Waals surface area contributed by atoms with E-state index in [4.69, 9.17) is 39.6 Å². The summed E-state index contributed by atoms with van der Waals surface area (Å²) in [6.45, 7) is 11.6. The largest absolute Gasteiger partial charge is 3.00 e. The fourth-order valence-corrected chi connectivity index (χ4v) is 0. The van der Waals surface area contributed by atoms with Gasteiger partial charge in [0.15, 0.2) is 0 Å². The molecule has 22 heavy (non-hydrogen) atoms. The molecule has 0 N–H and O–H groups in total. The van der Waals surface area contributed by atoms with E-state index in [0.29, 0.717) is 0 Å². The van der Waals surface area contributed by atoms with Gasteiger partial charge in [-0.2, -0.15) is 0 Å². The van der Waals surface area contributed by atoms with E-state index in [1.807, 2.05) is 0 Å². The molecule has 10 heteroatoms. The van der Waals surface area contributed by atoms with E-state index in [0.717, 1.165) is 24.3 Å². The van der Waals surface area contributed by atoms with Gasteiger partial charge in [-0.15, -0.1) is 0 Å². The molecule has 8 nitrogen and oxygen atoms in total. The molecule has 0 aromatic rings. The molecule has 0 amide bonds. The summed E-state index contributed by atoms with van der Waals surface area (Å²) in [6, 6.07) is 0. The molecule has 0 aliphatic rings. The van der Waals surface area contributed by atoms with Gasteiger partial charge < -0.3 is 39.6 Å². The second kappa shape index (κ2) is 32.1. The maximum absolute atomic E-state index is 9.14. The van der Waals surface area contributed by atoms with Crippen molar-refractivity contribution >= 4 is 41.2 Å². The maximum atomic E-state index is 9.14. The molecular weight excluding hydrogens is 338 g/mol. The first kappa shape index (κ1) is 37.3. The third-order valence-corrected chi connectivity index (χ3v) is 0.667. The molecule has 0 radical (unpaired) electrons. The molecule has 0 spiro atoms. The van der Waals surface area contributed by atoms with Crippen LogP contribution >= 0.6 is 0 Å². The fraction of sp³-hybridized carbons (Fsp3) is 0. The number of carboxylic acid groups (broad SMARTS) is 4. The molecule has 112 valence electrons. The topological polar surface area (TPSA) is 161 Å². The monoisotopic (exact) mass is 350 g/mol. The molecule has 0 bridgehead atoms. The normalized spacial score (nSPS) is 5.82. The van der Waals surface area contributed by atoms with E-state index in [-0.39, 0.29) is 68.7 Å². The van der Waals surface area contributed by atoms with Gasteiger partial charge in [0.25, 0.3) is 0 Å². The summed E-state index contributed by atoms with van der Waals surface area (Å²) in [7, 11) is 0. The Labute approximate surface area is 181 Å². The summed E-state index contributed by atoms with van der Waals surface area (Å²) >= 11 is 0. The van der Waals surface area contributed by atoms with Crippen molar-refractivity contribution in [2.45, 2.75) is 0 Å². The zero-order valence-corrected chi connectivity index (χ0v) is 16.3. The minimum absolute atomic E-state index is 0. The average molecular weight is 350 g/mol. The van der Waals surface area contributed by atoms with Crippen LogP contribution in [0.4, 0.5) is 0 Å². The van der Waals surface area contributed by atoms with Crippen LogP contribution in [0.15, 0.2) is 50.6 Å². The summed E-state index contributed by atoms with van der Waals surface area (Å²) in [6.07, 6.45) is 2.89. The molecule has 0 aromatic carbocycles. The van der Waals surface area contributed by atoms with E-state index in [1.54, 1.807) is 0 Å². The van der Waals surface area contributed by atoms with Crippen molar-refractivity contribution in [3.8, 4) is 0 Å². The molecular formula is C12H12AlKO8. The Balaban J connectivity index is -0.0000000376. The second-order valence-corrected chi connectivity index (χ2v) is 2.09. The molecule has 0 aliphatic carbocycles. The maximum Gasteiger partial charge on any atom is 3.00 e. The minimum atomic E-state index is -1.23. The van der Waals surface area contributed by atoms with Crippen molar-refractivity contribution in [3.63, 3.8) is 0 Å². The van der Waals surface area contributed by atoms with Gasteiger partial charge in [0.05, 0.1) is 23.9 Å². The quantitative estimate of drug-likeness (QED) is 0.357. The Morgan fingerprint density at radius 2 is 0.591 bits per heavy atom. The van der Waals surface area contributed by atoms with Gasteiger partial charge in [-0.25, -0.2) is 0 Å². The third kappa shape index (κ3) is 125. The third-order valence-electron chi connectivity index (χ3n) is 0.667. The molecule has 0 atom stereocenters. The van der Waals surface area contributed by atoms with Crippen LogP contribution in [-0.4, -0.2) is 41.2 Å². The molecule has 0 saturated heterocycles. The summed E-state index contributed by atoms with van der Waals surface area (Å²) in [5.74, 6) is -4.93. The number of rotatable bonds is 4. The second-order valence-electron chi connectivity index (χ2n) is 2.09. The molecule has 0 aromatic heterocycles. The number of carbonyl (C=O) groups is 4. The Bertz CT molecular complexity index is 307. The Morgan fingerprint density at radius 1 is 0.545 bits per heavy atom. The number of hydrogen-bond donors (Lipinski definition) is 0. The van der Waals surface area contributed by atoms with Crippen LogP contribution in [0.5, 0.6) is 0 Å². The number of carboxylic acids is 4. The number of hydrogen-bond acceptors (Lipinski definition) is 8. The van der Waals surface area contributed by atoms with Crippen LogP contribution in [0.2, 0.25) is 0 Å². The van der Waals surface area contributed by atoms with Gasteiger partial charge in [0.1, 0.15) is 0 Å². The Hall–Kier alpha value is -0.991. The first-order valence-electron chi connectivity index (χ1n) is 4.42. The van der Waals surface area contributed by atoms with Crippen molar-refractivity contribution in [1.82, 2.24) is 0 Å². The summed E-state index contributed by atoms with van der Waals surface area (Å²) in [5, 5.41) is 36.6. The summed E-state index contributed by atoms with van der Waals surface area (Å²) in [4.78, 5) is 36.6. The van der Waals surface area contributed by atoms with Gasteiger partial charge in [0.2, 0.25) is 0 Å². The van der Waals surface area contributed by atoms with E-state index in [2.05, 4.69) is 26.3 Å². The van der Waals surface area contributed by atoms with Crippen LogP contribution in [0.1, 0.15) is 0 Å². The Morgan fingerprint density at radius 3 is 0.591 bits per heavy atom. The van der Waals surface area contributed by atoms with Gasteiger partial charge in [-0.1, -0.05) is 26.3 Å². The van der Waals surface area contributed by atoms with Crippen molar-refractivity contribution < 1.29 is 91.0 Å². The van der Waals surface area contributed by atoms with Gasteiger partial charge in [-0.3, -0.25) is 0 Å². The zero-order chi connectivity index (χ0) is 17.1. The summed E-state index contributed by atoms with van der Waals surface area (Å²) < 4.78 is 0. The smallest absolute Gasteiger partial charge is 0.545 e. The first-order chi connectivity index (χ1) is 9.08. The van der Waals surface area contributed by atoms with E-state index < -0.39 is 23.9 Å². The van der Waals surface area contributed by atoms with Gasteiger partial charge in [-0.05, 0) is 24.3 Å². The standard InChI is InChI=1S/4C3H4O2.Al.K/c4*1-2-3(4)5;;/h4*2H,1H2,(H,4,5);;/q;;;;+3;+1/p-4. The molecule has 0 aliphatic heterocycles. The fourth-order valence-electron chi connectivity index (χ4n) is 0. The van der Waals surface area contributed by atoms with Gasteiger partial charge in [0, 0.05) is 0 Å². The molecule has 0 fully saturated rings. The molecule has 0 rings (SSSR count). The summed E-state index contributed by atoms with van der Waals surface area (Å²) in [5.41, 5.74) is 0. The molecule has 0 unspecified atom stereocenters. The first-order valence-corrected chi connectivity index (χ1v) is 4.42. The SMILES string of the molecule is C=CC(=O)[O-].C=CC(=O)[O-].C=CC(=O)[O-].C=CC(=O)[O-].[Al+3].[K+]. The average Bonchev–Trinajstić information content (AvgIpc) is 2.40. The van der Waals surface area contributed by atoms with E-state index in [1.165, 1.54) is 0 Å². The number of aliphatic carboxylic acids is 4. The van der Waals surface area contributed by atoms with E-state index in [9.17, 15) is 0 Å². The van der Waals surface area contributed by atoms with Crippen molar-refractivity contribution in [2.75, 3.05) is 0 Å². The predicted molar refractivity (Wildman–Crippen MR) is 66.6 cm³/mol. The predicted octanol–water partition coefficient (Wildman–Crippen LogP) is -7.69. The van der Waals surface area contributed by atoms with Crippen LogP contribution < -0.4 is 71.8 Å².